The lowest BCUT2D eigenvalue weighted by molar-refractivity contribution is -0.139. The Hall–Kier alpha value is -2.24. The van der Waals surface area contributed by atoms with E-state index in [0.29, 0.717) is 32.5 Å². The van der Waals surface area contributed by atoms with Crippen LogP contribution in [0.5, 0.6) is 5.75 Å². The fourth-order valence-corrected chi connectivity index (χ4v) is 3.82. The average Bonchev–Trinajstić information content (AvgIpc) is 3.00. The van der Waals surface area contributed by atoms with Gasteiger partial charge in [-0.2, -0.15) is 0 Å². The van der Waals surface area contributed by atoms with Crippen LogP contribution in [-0.2, 0) is 21.4 Å². The van der Waals surface area contributed by atoms with Crippen LogP contribution in [0.25, 0.3) is 0 Å². The molecule has 1 saturated heterocycles. The molecule has 0 aliphatic carbocycles. The second kappa shape index (κ2) is 6.82. The first-order chi connectivity index (χ1) is 12.2. The van der Waals surface area contributed by atoms with Gasteiger partial charge in [0.15, 0.2) is 0 Å². The summed E-state index contributed by atoms with van der Waals surface area (Å²) in [4.78, 5) is 25.5. The number of benzene rings is 1. The van der Waals surface area contributed by atoms with E-state index in [1.165, 1.54) is 0 Å². The Bertz CT molecular complexity index is 699. The Morgan fingerprint density at radius 2 is 1.96 bits per heavy atom. The molecule has 0 radical (unpaired) electrons. The number of amides is 1. The molecule has 1 aromatic rings. The van der Waals surface area contributed by atoms with Gasteiger partial charge in [-0.3, -0.25) is 4.79 Å². The zero-order valence-electron chi connectivity index (χ0n) is 15.7. The lowest BCUT2D eigenvalue weighted by Crippen LogP contribution is -2.47. The molecule has 1 aromatic carbocycles. The number of nitrogens with zero attached hydrogens (tertiary/aromatic N) is 1. The van der Waals surface area contributed by atoms with Crippen molar-refractivity contribution in [1.82, 2.24) is 4.90 Å². The highest BCUT2D eigenvalue weighted by Crippen LogP contribution is 2.41. The molecule has 0 unspecified atom stereocenters. The van der Waals surface area contributed by atoms with Gasteiger partial charge in [0, 0.05) is 24.9 Å². The van der Waals surface area contributed by atoms with E-state index in [0.717, 1.165) is 23.3 Å². The minimum atomic E-state index is -0.813. The maximum atomic E-state index is 12.3. The number of fused-ring (bicyclic) bond motifs is 1. The second-order valence-corrected chi connectivity index (χ2v) is 8.24. The second-order valence-electron chi connectivity index (χ2n) is 8.24. The number of ether oxygens (including phenoxy) is 2. The van der Waals surface area contributed by atoms with Crippen LogP contribution in [0.1, 0.15) is 51.2 Å². The Morgan fingerprint density at radius 1 is 1.27 bits per heavy atom. The summed E-state index contributed by atoms with van der Waals surface area (Å²) < 4.78 is 11.0. The van der Waals surface area contributed by atoms with E-state index in [4.69, 9.17) is 9.47 Å². The molecule has 0 spiro atoms. The highest BCUT2D eigenvalue weighted by Gasteiger charge is 2.40. The number of aliphatic carboxylic acids is 1. The third-order valence-electron chi connectivity index (χ3n) is 5.16. The normalized spacial score (nSPS) is 18.8. The molecule has 2 aliphatic rings. The molecule has 142 valence electrons. The van der Waals surface area contributed by atoms with Gasteiger partial charge in [0.25, 0.3) is 0 Å². The lowest BCUT2D eigenvalue weighted by atomic mass is 9.70. The molecule has 26 heavy (non-hydrogen) atoms. The fourth-order valence-electron chi connectivity index (χ4n) is 3.82. The summed E-state index contributed by atoms with van der Waals surface area (Å²) in [5, 5.41) is 9.48. The molecular weight excluding hydrogens is 334 g/mol. The summed E-state index contributed by atoms with van der Waals surface area (Å²) in [6.45, 7) is 7.20. The number of carboxylic acids is 1. The minimum absolute atomic E-state index is 0.0643. The number of piperidine rings is 1. The van der Waals surface area contributed by atoms with Crippen LogP contribution in [0.2, 0.25) is 0 Å². The van der Waals surface area contributed by atoms with Gasteiger partial charge in [0.05, 0.1) is 13.0 Å². The highest BCUT2D eigenvalue weighted by molar-refractivity contribution is 5.70. The maximum absolute atomic E-state index is 12.3. The molecule has 2 heterocycles. The van der Waals surface area contributed by atoms with Gasteiger partial charge >= 0.3 is 12.1 Å². The summed E-state index contributed by atoms with van der Waals surface area (Å²) >= 11 is 0. The van der Waals surface area contributed by atoms with Crippen molar-refractivity contribution in [3.05, 3.63) is 29.3 Å². The van der Waals surface area contributed by atoms with Crippen molar-refractivity contribution in [2.45, 2.75) is 57.5 Å². The molecule has 1 N–H and O–H groups in total. The van der Waals surface area contributed by atoms with E-state index in [1.807, 2.05) is 32.9 Å². The maximum Gasteiger partial charge on any atom is 0.410 e. The third-order valence-corrected chi connectivity index (χ3v) is 5.16. The summed E-state index contributed by atoms with van der Waals surface area (Å²) in [5.74, 6) is 0.0814. The monoisotopic (exact) mass is 361 g/mol. The van der Waals surface area contributed by atoms with Crippen molar-refractivity contribution >= 4 is 12.1 Å². The van der Waals surface area contributed by atoms with Crippen LogP contribution >= 0.6 is 0 Å². The highest BCUT2D eigenvalue weighted by atomic mass is 16.6. The molecular formula is C20H27NO5. The van der Waals surface area contributed by atoms with Crippen LogP contribution in [0, 0.1) is 0 Å². The zero-order chi connectivity index (χ0) is 18.9. The number of hydrogen-bond donors (Lipinski definition) is 1. The number of carbonyl (C=O) groups is 2. The summed E-state index contributed by atoms with van der Waals surface area (Å²) in [7, 11) is 0. The van der Waals surface area contributed by atoms with E-state index in [1.54, 1.807) is 4.90 Å². The quantitative estimate of drug-likeness (QED) is 0.893. The summed E-state index contributed by atoms with van der Waals surface area (Å²) in [6.07, 6.45) is 1.81. The first kappa shape index (κ1) is 18.5. The van der Waals surface area contributed by atoms with Crippen LogP contribution in [-0.4, -0.2) is 47.4 Å². The smallest absolute Gasteiger partial charge is 0.410 e. The SMILES string of the molecule is CC(C)(C)OC(=O)N1CCC(CC(=O)O)(c2ccc3c(c2)CCO3)CC1. The van der Waals surface area contributed by atoms with E-state index >= 15 is 0 Å². The lowest BCUT2D eigenvalue weighted by Gasteiger charge is -2.41. The van der Waals surface area contributed by atoms with Gasteiger partial charge in [0.1, 0.15) is 11.4 Å². The largest absolute Gasteiger partial charge is 0.493 e. The summed E-state index contributed by atoms with van der Waals surface area (Å²) in [6, 6.07) is 6.02. The number of likely N-dealkylation sites (tertiary alicyclic amines) is 1. The van der Waals surface area contributed by atoms with Crippen LogP contribution < -0.4 is 4.74 Å². The molecule has 2 aliphatic heterocycles. The molecule has 0 saturated carbocycles. The number of rotatable bonds is 3. The van der Waals surface area contributed by atoms with Gasteiger partial charge in [-0.15, -0.1) is 0 Å². The molecule has 0 atom stereocenters. The van der Waals surface area contributed by atoms with Crippen LogP contribution in [0.4, 0.5) is 4.79 Å². The van der Waals surface area contributed by atoms with E-state index in [-0.39, 0.29) is 12.5 Å². The first-order valence-electron chi connectivity index (χ1n) is 9.14. The molecule has 1 amide bonds. The van der Waals surface area contributed by atoms with E-state index in [2.05, 4.69) is 6.07 Å². The molecule has 6 heteroatoms. The van der Waals surface area contributed by atoms with E-state index < -0.39 is 17.0 Å². The standard InChI is InChI=1S/C20H27NO5/c1-19(2,3)26-18(24)21-9-7-20(8-10-21,13-17(22)23)15-4-5-16-14(12-15)6-11-25-16/h4-5,12H,6-11,13H2,1-3H3,(H,22,23). The molecule has 0 bridgehead atoms. The molecule has 3 rings (SSSR count). The van der Waals surface area contributed by atoms with Gasteiger partial charge in [-0.25, -0.2) is 4.79 Å². The van der Waals surface area contributed by atoms with Crippen molar-refractivity contribution < 1.29 is 24.2 Å². The van der Waals surface area contributed by atoms with Crippen LogP contribution in [0.3, 0.4) is 0 Å². The summed E-state index contributed by atoms with van der Waals surface area (Å²) in [5.41, 5.74) is 1.18. The number of hydrogen-bond acceptors (Lipinski definition) is 4. The average molecular weight is 361 g/mol. The van der Waals surface area contributed by atoms with Crippen molar-refractivity contribution in [3.8, 4) is 5.75 Å². The van der Waals surface area contributed by atoms with Crippen molar-refractivity contribution in [1.29, 1.82) is 0 Å². The topological polar surface area (TPSA) is 76.1 Å². The van der Waals surface area contributed by atoms with Crippen molar-refractivity contribution in [2.75, 3.05) is 19.7 Å². The van der Waals surface area contributed by atoms with Crippen LogP contribution in [0.15, 0.2) is 18.2 Å². The molecule has 6 nitrogen and oxygen atoms in total. The minimum Gasteiger partial charge on any atom is -0.493 e. The Labute approximate surface area is 154 Å². The third kappa shape index (κ3) is 3.94. The molecule has 1 fully saturated rings. The van der Waals surface area contributed by atoms with E-state index in [9.17, 15) is 14.7 Å². The predicted octanol–water partition coefficient (Wildman–Crippen LogP) is 3.36. The number of carbonyl (C=O) groups excluding carboxylic acids is 1. The van der Waals surface area contributed by atoms with Gasteiger partial charge in [0.2, 0.25) is 0 Å². The first-order valence-corrected chi connectivity index (χ1v) is 9.14. The molecule has 0 aromatic heterocycles. The predicted molar refractivity (Wildman–Crippen MR) is 96.6 cm³/mol. The van der Waals surface area contributed by atoms with Crippen molar-refractivity contribution in [3.63, 3.8) is 0 Å². The van der Waals surface area contributed by atoms with Gasteiger partial charge in [-0.1, -0.05) is 12.1 Å². The van der Waals surface area contributed by atoms with Crippen molar-refractivity contribution in [2.24, 2.45) is 0 Å². The zero-order valence-corrected chi connectivity index (χ0v) is 15.7. The number of carboxylic acid groups (broad SMARTS) is 1. The van der Waals surface area contributed by atoms with Gasteiger partial charge < -0.3 is 19.5 Å². The van der Waals surface area contributed by atoms with Gasteiger partial charge in [-0.05, 0) is 50.8 Å². The Balaban J connectivity index is 1.78. The fraction of sp³-hybridized carbons (Fsp3) is 0.600. The Morgan fingerprint density at radius 3 is 2.58 bits per heavy atom. The Kier molecular flexibility index (Phi) is 4.86.